The summed E-state index contributed by atoms with van der Waals surface area (Å²) in [4.78, 5) is 10.2. The van der Waals surface area contributed by atoms with Crippen molar-refractivity contribution in [3.05, 3.63) is 47.0 Å². The molecule has 2 heterocycles. The largest absolute Gasteiger partial charge is 0.323 e. The molecule has 3 rings (SSSR count). The Hall–Kier alpha value is -1.78. The van der Waals surface area contributed by atoms with Crippen LogP contribution in [-0.4, -0.2) is 9.97 Å². The Kier molecular flexibility index (Phi) is 3.05. The quantitative estimate of drug-likeness (QED) is 0.772. The van der Waals surface area contributed by atoms with Crippen molar-refractivity contribution in [3.8, 4) is 10.7 Å². The molecule has 3 aromatic rings. The second-order valence-electron chi connectivity index (χ2n) is 4.70. The second-order valence-corrected chi connectivity index (χ2v) is 5.76. The number of hydrogen-bond acceptors (Lipinski definition) is 4. The first-order valence-corrected chi connectivity index (χ1v) is 7.05. The summed E-state index contributed by atoms with van der Waals surface area (Å²) in [5.41, 5.74) is 9.03. The Morgan fingerprint density at radius 2 is 2.05 bits per heavy atom. The molecule has 2 aromatic heterocycles. The lowest BCUT2D eigenvalue weighted by atomic mass is 10.1. The third kappa shape index (κ3) is 2.25. The van der Waals surface area contributed by atoms with Crippen LogP contribution in [0.25, 0.3) is 21.6 Å². The van der Waals surface area contributed by atoms with Crippen molar-refractivity contribution in [2.24, 2.45) is 5.73 Å². The molecule has 0 aliphatic carbocycles. The summed E-state index contributed by atoms with van der Waals surface area (Å²) < 4.78 is 0. The van der Waals surface area contributed by atoms with Crippen LogP contribution in [0.3, 0.4) is 0 Å². The molecular weight excluding hydrogens is 254 g/mol. The summed E-state index contributed by atoms with van der Waals surface area (Å²) in [6, 6.07) is 10.3. The van der Waals surface area contributed by atoms with Crippen molar-refractivity contribution < 1.29 is 0 Å². The molecule has 0 amide bonds. The van der Waals surface area contributed by atoms with E-state index in [4.69, 9.17) is 5.73 Å². The SMILES string of the molecule is Cc1cc(-c2ncc(C(C)N)s2)nc2ccccc12. The van der Waals surface area contributed by atoms with Gasteiger partial charge < -0.3 is 5.73 Å². The van der Waals surface area contributed by atoms with Gasteiger partial charge in [0.15, 0.2) is 0 Å². The Balaban J connectivity index is 2.14. The lowest BCUT2D eigenvalue weighted by molar-refractivity contribution is 0.835. The van der Waals surface area contributed by atoms with Crippen LogP contribution >= 0.6 is 11.3 Å². The molecule has 1 aromatic carbocycles. The van der Waals surface area contributed by atoms with Crippen molar-refractivity contribution in [2.75, 3.05) is 0 Å². The number of para-hydroxylation sites is 1. The summed E-state index contributed by atoms with van der Waals surface area (Å²) >= 11 is 1.61. The lowest BCUT2D eigenvalue weighted by Gasteiger charge is -2.04. The van der Waals surface area contributed by atoms with Crippen LogP contribution in [0.2, 0.25) is 0 Å². The summed E-state index contributed by atoms with van der Waals surface area (Å²) in [7, 11) is 0. The number of fused-ring (bicyclic) bond motifs is 1. The van der Waals surface area contributed by atoms with E-state index in [2.05, 4.69) is 29.0 Å². The van der Waals surface area contributed by atoms with Crippen molar-refractivity contribution in [1.82, 2.24) is 9.97 Å². The molecule has 0 saturated heterocycles. The fourth-order valence-electron chi connectivity index (χ4n) is 2.07. The van der Waals surface area contributed by atoms with Crippen LogP contribution in [-0.2, 0) is 0 Å². The summed E-state index contributed by atoms with van der Waals surface area (Å²) in [6.07, 6.45) is 1.84. The van der Waals surface area contributed by atoms with Crippen LogP contribution in [0.4, 0.5) is 0 Å². The number of benzene rings is 1. The first kappa shape index (κ1) is 12.3. The molecule has 1 unspecified atom stereocenters. The fourth-order valence-corrected chi connectivity index (χ4v) is 2.90. The van der Waals surface area contributed by atoms with Gasteiger partial charge in [0.2, 0.25) is 0 Å². The highest BCUT2D eigenvalue weighted by atomic mass is 32.1. The smallest absolute Gasteiger partial charge is 0.142 e. The third-order valence-corrected chi connectivity index (χ3v) is 4.34. The Morgan fingerprint density at radius 1 is 1.26 bits per heavy atom. The minimum absolute atomic E-state index is 0.0211. The highest BCUT2D eigenvalue weighted by Crippen LogP contribution is 2.29. The molecule has 0 aliphatic rings. The maximum atomic E-state index is 5.88. The summed E-state index contributed by atoms with van der Waals surface area (Å²) in [5, 5.41) is 2.12. The predicted molar refractivity (Wildman–Crippen MR) is 80.2 cm³/mol. The topological polar surface area (TPSA) is 51.8 Å². The number of nitrogens with zero attached hydrogens (tertiary/aromatic N) is 2. The number of rotatable bonds is 2. The van der Waals surface area contributed by atoms with E-state index in [-0.39, 0.29) is 6.04 Å². The first-order valence-electron chi connectivity index (χ1n) is 6.23. The molecule has 0 spiro atoms. The van der Waals surface area contributed by atoms with Crippen LogP contribution in [0.1, 0.15) is 23.4 Å². The number of thiazole rings is 1. The summed E-state index contributed by atoms with van der Waals surface area (Å²) in [5.74, 6) is 0. The predicted octanol–water partition coefficient (Wildman–Crippen LogP) is 3.69. The molecule has 19 heavy (non-hydrogen) atoms. The van der Waals surface area contributed by atoms with Gasteiger partial charge in [-0.3, -0.25) is 0 Å². The van der Waals surface area contributed by atoms with E-state index in [1.807, 2.05) is 31.3 Å². The zero-order valence-electron chi connectivity index (χ0n) is 10.9. The van der Waals surface area contributed by atoms with E-state index in [1.165, 1.54) is 10.9 Å². The Morgan fingerprint density at radius 3 is 2.79 bits per heavy atom. The average Bonchev–Trinajstić information content (AvgIpc) is 2.88. The molecule has 0 bridgehead atoms. The van der Waals surface area contributed by atoms with Gasteiger partial charge in [-0.2, -0.15) is 0 Å². The van der Waals surface area contributed by atoms with Gasteiger partial charge in [0.05, 0.1) is 11.2 Å². The maximum Gasteiger partial charge on any atom is 0.142 e. The molecule has 0 saturated carbocycles. The molecule has 2 N–H and O–H groups in total. The maximum absolute atomic E-state index is 5.88. The zero-order valence-corrected chi connectivity index (χ0v) is 11.7. The number of pyridine rings is 1. The van der Waals surface area contributed by atoms with Crippen molar-refractivity contribution >= 4 is 22.2 Å². The molecular formula is C15H15N3S. The first-order chi connectivity index (χ1) is 9.15. The van der Waals surface area contributed by atoms with E-state index in [0.29, 0.717) is 0 Å². The van der Waals surface area contributed by atoms with Crippen LogP contribution in [0.15, 0.2) is 36.5 Å². The minimum Gasteiger partial charge on any atom is -0.323 e. The van der Waals surface area contributed by atoms with Gasteiger partial charge in [0.1, 0.15) is 5.01 Å². The van der Waals surface area contributed by atoms with Crippen molar-refractivity contribution in [3.63, 3.8) is 0 Å². The van der Waals surface area contributed by atoms with Gasteiger partial charge in [-0.05, 0) is 31.5 Å². The zero-order chi connectivity index (χ0) is 13.4. The molecule has 0 radical (unpaired) electrons. The monoisotopic (exact) mass is 269 g/mol. The number of hydrogen-bond donors (Lipinski definition) is 1. The number of aromatic nitrogens is 2. The van der Waals surface area contributed by atoms with Gasteiger partial charge in [0, 0.05) is 22.5 Å². The Labute approximate surface area is 116 Å². The molecule has 3 nitrogen and oxygen atoms in total. The lowest BCUT2D eigenvalue weighted by Crippen LogP contribution is -2.01. The van der Waals surface area contributed by atoms with E-state index in [0.717, 1.165) is 21.1 Å². The van der Waals surface area contributed by atoms with Gasteiger partial charge in [-0.15, -0.1) is 11.3 Å². The minimum atomic E-state index is 0.0211. The third-order valence-electron chi connectivity index (χ3n) is 3.11. The van der Waals surface area contributed by atoms with Gasteiger partial charge in [-0.1, -0.05) is 18.2 Å². The van der Waals surface area contributed by atoms with Crippen LogP contribution in [0.5, 0.6) is 0 Å². The molecule has 4 heteroatoms. The van der Waals surface area contributed by atoms with Gasteiger partial charge >= 0.3 is 0 Å². The van der Waals surface area contributed by atoms with Crippen LogP contribution < -0.4 is 5.73 Å². The second kappa shape index (κ2) is 4.72. The van der Waals surface area contributed by atoms with Crippen molar-refractivity contribution in [1.29, 1.82) is 0 Å². The van der Waals surface area contributed by atoms with Gasteiger partial charge in [-0.25, -0.2) is 9.97 Å². The Bertz CT molecular complexity index is 731. The van der Waals surface area contributed by atoms with E-state index in [9.17, 15) is 0 Å². The van der Waals surface area contributed by atoms with E-state index in [1.54, 1.807) is 11.3 Å². The molecule has 0 aliphatic heterocycles. The fraction of sp³-hybridized carbons (Fsp3) is 0.200. The number of aryl methyl sites for hydroxylation is 1. The standard InChI is InChI=1S/C15H15N3S/c1-9-7-13(15-17-8-14(19-15)10(2)16)18-12-6-4-3-5-11(9)12/h3-8,10H,16H2,1-2H3. The molecule has 1 atom stereocenters. The van der Waals surface area contributed by atoms with Crippen LogP contribution in [0, 0.1) is 6.92 Å². The summed E-state index contributed by atoms with van der Waals surface area (Å²) in [6.45, 7) is 4.07. The molecule has 96 valence electrons. The van der Waals surface area contributed by atoms with E-state index >= 15 is 0 Å². The average molecular weight is 269 g/mol. The van der Waals surface area contributed by atoms with Gasteiger partial charge in [0.25, 0.3) is 0 Å². The normalized spacial score (nSPS) is 12.8. The van der Waals surface area contributed by atoms with Crippen molar-refractivity contribution in [2.45, 2.75) is 19.9 Å². The highest BCUT2D eigenvalue weighted by Gasteiger charge is 2.10. The van der Waals surface area contributed by atoms with E-state index < -0.39 is 0 Å². The number of nitrogens with two attached hydrogens (primary N) is 1. The highest BCUT2D eigenvalue weighted by molar-refractivity contribution is 7.15. The molecule has 0 fully saturated rings.